The molecule has 1 aliphatic rings. The van der Waals surface area contributed by atoms with Gasteiger partial charge >= 0.3 is 0 Å². The van der Waals surface area contributed by atoms with Crippen LogP contribution in [0.15, 0.2) is 36.4 Å². The number of nitrogens with zero attached hydrogens (tertiary/aromatic N) is 2. The minimum Gasteiger partial charge on any atom is -0.486 e. The topological polar surface area (TPSA) is 48.3 Å². The first-order valence-electron chi connectivity index (χ1n) is 8.42. The maximum absolute atomic E-state index is 13.2. The van der Waals surface area contributed by atoms with Crippen LogP contribution in [0.25, 0.3) is 11.0 Å². The predicted octanol–water partition coefficient (Wildman–Crippen LogP) is 2.76. The quantitative estimate of drug-likeness (QED) is 0.775. The van der Waals surface area contributed by atoms with Gasteiger partial charge in [-0.1, -0.05) is 12.1 Å². The van der Waals surface area contributed by atoms with Crippen molar-refractivity contribution in [3.8, 4) is 11.5 Å². The third-order valence-electron chi connectivity index (χ3n) is 4.34. The third kappa shape index (κ3) is 3.17. The Morgan fingerprint density at radius 3 is 2.56 bits per heavy atom. The second-order valence-corrected chi connectivity index (χ2v) is 6.08. The van der Waals surface area contributed by atoms with E-state index in [2.05, 4.69) is 9.88 Å². The van der Waals surface area contributed by atoms with Crippen LogP contribution in [0.4, 0.5) is 4.39 Å². The summed E-state index contributed by atoms with van der Waals surface area (Å²) in [7, 11) is 1.92. The van der Waals surface area contributed by atoms with Gasteiger partial charge in [-0.05, 0) is 24.7 Å². The molecule has 0 atom stereocenters. The molecule has 2 aromatic carbocycles. The average Bonchev–Trinajstić information content (AvgIpc) is 2.96. The predicted molar refractivity (Wildman–Crippen MR) is 93.9 cm³/mol. The normalized spacial score (nSPS) is 13.4. The number of fused-ring (bicyclic) bond motifs is 2. The summed E-state index contributed by atoms with van der Waals surface area (Å²) < 4.78 is 26.7. The van der Waals surface area contributed by atoms with E-state index in [1.807, 2.05) is 19.2 Å². The Bertz CT molecular complexity index is 890. The molecule has 0 unspecified atom stereocenters. The fourth-order valence-corrected chi connectivity index (χ4v) is 3.09. The van der Waals surface area contributed by atoms with Crippen LogP contribution in [0.2, 0.25) is 0 Å². The van der Waals surface area contributed by atoms with Gasteiger partial charge < -0.3 is 19.4 Å². The minimum atomic E-state index is -0.228. The lowest BCUT2D eigenvalue weighted by Gasteiger charge is -2.18. The molecule has 5 nitrogen and oxygen atoms in total. The molecule has 0 saturated carbocycles. The van der Waals surface area contributed by atoms with Crippen LogP contribution in [-0.2, 0) is 13.0 Å². The van der Waals surface area contributed by atoms with Crippen LogP contribution in [-0.4, -0.2) is 36.4 Å². The van der Waals surface area contributed by atoms with E-state index in [-0.39, 0.29) is 5.82 Å². The minimum absolute atomic E-state index is 0.228. The van der Waals surface area contributed by atoms with Crippen molar-refractivity contribution >= 4 is 11.0 Å². The molecule has 0 spiro atoms. The number of aromatic nitrogens is 2. The summed E-state index contributed by atoms with van der Waals surface area (Å²) in [4.78, 5) is 4.79. The molecule has 3 aromatic rings. The molecule has 0 bridgehead atoms. The molecule has 25 heavy (non-hydrogen) atoms. The maximum atomic E-state index is 13.2. The molecule has 6 heteroatoms. The largest absolute Gasteiger partial charge is 0.486 e. The zero-order valence-corrected chi connectivity index (χ0v) is 14.1. The van der Waals surface area contributed by atoms with E-state index in [1.54, 1.807) is 12.1 Å². The van der Waals surface area contributed by atoms with Crippen LogP contribution in [0.1, 0.15) is 11.4 Å². The van der Waals surface area contributed by atoms with Crippen molar-refractivity contribution < 1.29 is 13.9 Å². The van der Waals surface area contributed by atoms with Crippen LogP contribution < -0.4 is 14.8 Å². The first-order chi connectivity index (χ1) is 12.2. The van der Waals surface area contributed by atoms with Crippen molar-refractivity contribution in [1.82, 2.24) is 14.9 Å². The number of halogens is 1. The first kappa shape index (κ1) is 15.9. The molecule has 1 aliphatic heterocycles. The van der Waals surface area contributed by atoms with Gasteiger partial charge in [-0.3, -0.25) is 0 Å². The highest BCUT2D eigenvalue weighted by Gasteiger charge is 2.18. The highest BCUT2D eigenvalue weighted by Crippen LogP contribution is 2.35. The van der Waals surface area contributed by atoms with E-state index in [0.717, 1.165) is 46.9 Å². The summed E-state index contributed by atoms with van der Waals surface area (Å²) >= 11 is 0. The molecule has 1 aromatic heterocycles. The van der Waals surface area contributed by atoms with Crippen molar-refractivity contribution in [3.63, 3.8) is 0 Å². The lowest BCUT2D eigenvalue weighted by molar-refractivity contribution is 0.172. The zero-order valence-electron chi connectivity index (χ0n) is 14.1. The molecule has 0 radical (unpaired) electrons. The van der Waals surface area contributed by atoms with Gasteiger partial charge in [-0.25, -0.2) is 9.37 Å². The molecule has 130 valence electrons. The Kier molecular flexibility index (Phi) is 4.28. The Balaban J connectivity index is 1.78. The maximum Gasteiger partial charge on any atom is 0.163 e. The van der Waals surface area contributed by atoms with E-state index < -0.39 is 0 Å². The fraction of sp³-hybridized carbons (Fsp3) is 0.316. The number of likely N-dealkylation sites (N-methyl/N-ethyl adjacent to an activating group) is 1. The smallest absolute Gasteiger partial charge is 0.163 e. The Morgan fingerprint density at radius 2 is 1.84 bits per heavy atom. The molecule has 0 saturated heterocycles. The molecular formula is C19H20FN3O2. The molecule has 0 fully saturated rings. The lowest BCUT2D eigenvalue weighted by atomic mass is 10.2. The monoisotopic (exact) mass is 341 g/mol. The molecule has 4 rings (SSSR count). The average molecular weight is 341 g/mol. The Labute approximate surface area is 145 Å². The van der Waals surface area contributed by atoms with Crippen molar-refractivity contribution in [2.24, 2.45) is 0 Å². The van der Waals surface area contributed by atoms with Crippen molar-refractivity contribution in [3.05, 3.63) is 53.6 Å². The summed E-state index contributed by atoms with van der Waals surface area (Å²) in [6.45, 7) is 2.58. The summed E-state index contributed by atoms with van der Waals surface area (Å²) in [6.07, 6.45) is 0.804. The van der Waals surface area contributed by atoms with E-state index in [4.69, 9.17) is 14.5 Å². The number of hydrogen-bond acceptors (Lipinski definition) is 4. The van der Waals surface area contributed by atoms with Gasteiger partial charge in [0.25, 0.3) is 0 Å². The summed E-state index contributed by atoms with van der Waals surface area (Å²) in [5, 5.41) is 3.16. The van der Waals surface area contributed by atoms with Crippen LogP contribution in [0.5, 0.6) is 11.5 Å². The number of imidazole rings is 1. The lowest BCUT2D eigenvalue weighted by Crippen LogP contribution is -2.15. The van der Waals surface area contributed by atoms with Crippen LogP contribution in [0.3, 0.4) is 0 Å². The Hall–Kier alpha value is -2.60. The number of ether oxygens (including phenoxy) is 2. The molecular weight excluding hydrogens is 321 g/mol. The van der Waals surface area contributed by atoms with Gasteiger partial charge in [-0.15, -0.1) is 0 Å². The molecule has 2 heterocycles. The molecule has 0 aliphatic carbocycles. The van der Waals surface area contributed by atoms with Gasteiger partial charge in [-0.2, -0.15) is 0 Å². The van der Waals surface area contributed by atoms with E-state index in [0.29, 0.717) is 19.8 Å². The number of benzene rings is 2. The second kappa shape index (κ2) is 6.72. The standard InChI is InChI=1S/C19H20FN3O2/c1-21-7-6-19-22-15-10-17-18(25-9-8-24-17)11-16(15)23(19)12-13-2-4-14(20)5-3-13/h2-5,10-11,21H,6-9,12H2,1H3. The molecule has 0 amide bonds. The number of rotatable bonds is 5. The van der Waals surface area contributed by atoms with Crippen molar-refractivity contribution in [2.75, 3.05) is 26.8 Å². The van der Waals surface area contributed by atoms with Gasteiger partial charge in [0.15, 0.2) is 11.5 Å². The van der Waals surface area contributed by atoms with Crippen molar-refractivity contribution in [1.29, 1.82) is 0 Å². The van der Waals surface area contributed by atoms with Crippen molar-refractivity contribution in [2.45, 2.75) is 13.0 Å². The van der Waals surface area contributed by atoms with Gasteiger partial charge in [0.2, 0.25) is 0 Å². The van der Waals surface area contributed by atoms with E-state index in [1.165, 1.54) is 12.1 Å². The van der Waals surface area contributed by atoms with Gasteiger partial charge in [0.05, 0.1) is 11.0 Å². The summed E-state index contributed by atoms with van der Waals surface area (Å²) in [6, 6.07) is 10.5. The number of nitrogens with one attached hydrogen (secondary N) is 1. The fourth-order valence-electron chi connectivity index (χ4n) is 3.09. The summed E-state index contributed by atoms with van der Waals surface area (Å²) in [5.74, 6) is 2.25. The Morgan fingerprint density at radius 1 is 1.12 bits per heavy atom. The van der Waals surface area contributed by atoms with Gasteiger partial charge in [0, 0.05) is 31.6 Å². The highest BCUT2D eigenvalue weighted by atomic mass is 19.1. The van der Waals surface area contributed by atoms with Crippen LogP contribution >= 0.6 is 0 Å². The summed E-state index contributed by atoms with van der Waals surface area (Å²) in [5.41, 5.74) is 2.92. The third-order valence-corrected chi connectivity index (χ3v) is 4.34. The first-order valence-corrected chi connectivity index (χ1v) is 8.42. The SMILES string of the molecule is CNCCc1nc2cc3c(cc2n1Cc1ccc(F)cc1)OCCO3. The zero-order chi connectivity index (χ0) is 17.2. The molecule has 1 N–H and O–H groups in total. The second-order valence-electron chi connectivity index (χ2n) is 6.08. The highest BCUT2D eigenvalue weighted by molar-refractivity contribution is 5.81. The van der Waals surface area contributed by atoms with Crippen LogP contribution in [0, 0.1) is 5.82 Å². The van der Waals surface area contributed by atoms with Gasteiger partial charge in [0.1, 0.15) is 24.9 Å². The number of hydrogen-bond donors (Lipinski definition) is 1. The van der Waals surface area contributed by atoms with E-state index >= 15 is 0 Å². The van der Waals surface area contributed by atoms with E-state index in [9.17, 15) is 4.39 Å².